The van der Waals surface area contributed by atoms with Gasteiger partial charge in [-0.15, -0.1) is 0 Å². The van der Waals surface area contributed by atoms with Crippen LogP contribution in [0.15, 0.2) is 36.7 Å². The van der Waals surface area contributed by atoms with E-state index in [0.717, 1.165) is 50.5 Å². The first-order valence-electron chi connectivity index (χ1n) is 7.98. The molecule has 0 bridgehead atoms. The Morgan fingerprint density at radius 2 is 2.00 bits per heavy atom. The van der Waals surface area contributed by atoms with Crippen molar-refractivity contribution in [3.05, 3.63) is 53.6 Å². The van der Waals surface area contributed by atoms with Gasteiger partial charge in [0.05, 0.1) is 19.4 Å². The van der Waals surface area contributed by atoms with E-state index in [0.29, 0.717) is 0 Å². The van der Waals surface area contributed by atoms with Crippen molar-refractivity contribution >= 4 is 0 Å². The van der Waals surface area contributed by atoms with E-state index in [2.05, 4.69) is 15.3 Å². The number of morpholine rings is 1. The molecule has 0 amide bonds. The van der Waals surface area contributed by atoms with Gasteiger partial charge in [0, 0.05) is 51.0 Å². The van der Waals surface area contributed by atoms with Gasteiger partial charge < -0.3 is 10.1 Å². The van der Waals surface area contributed by atoms with Crippen molar-refractivity contribution in [2.75, 3.05) is 32.8 Å². The van der Waals surface area contributed by atoms with Crippen molar-refractivity contribution < 1.29 is 9.13 Å². The SMILES string of the molecule is Cn1cc(CNCC(c2ccc(F)cc2)N2CCOCC2)cn1. The second-order valence-electron chi connectivity index (χ2n) is 5.87. The Kier molecular flexibility index (Phi) is 5.38. The van der Waals surface area contributed by atoms with E-state index in [1.54, 1.807) is 4.68 Å². The zero-order valence-corrected chi connectivity index (χ0v) is 13.4. The van der Waals surface area contributed by atoms with E-state index in [1.807, 2.05) is 31.6 Å². The highest BCUT2D eigenvalue weighted by atomic mass is 19.1. The summed E-state index contributed by atoms with van der Waals surface area (Å²) in [5, 5.41) is 7.68. The average Bonchev–Trinajstić information content (AvgIpc) is 2.99. The van der Waals surface area contributed by atoms with Crippen LogP contribution >= 0.6 is 0 Å². The molecule has 0 aliphatic carbocycles. The molecule has 1 aromatic heterocycles. The number of aryl methyl sites for hydroxylation is 1. The number of rotatable bonds is 6. The molecule has 124 valence electrons. The molecule has 3 rings (SSSR count). The lowest BCUT2D eigenvalue weighted by atomic mass is 10.0. The zero-order valence-electron chi connectivity index (χ0n) is 13.4. The average molecular weight is 318 g/mol. The Labute approximate surface area is 136 Å². The second kappa shape index (κ2) is 7.68. The van der Waals surface area contributed by atoms with Gasteiger partial charge in [0.15, 0.2) is 0 Å². The summed E-state index contributed by atoms with van der Waals surface area (Å²) in [6.07, 6.45) is 3.88. The summed E-state index contributed by atoms with van der Waals surface area (Å²) in [7, 11) is 1.92. The predicted octanol–water partition coefficient (Wildman–Crippen LogP) is 1.72. The molecule has 1 atom stereocenters. The second-order valence-corrected chi connectivity index (χ2v) is 5.87. The summed E-state index contributed by atoms with van der Waals surface area (Å²) in [5.41, 5.74) is 2.29. The van der Waals surface area contributed by atoms with Crippen LogP contribution in [0.2, 0.25) is 0 Å². The molecular formula is C17H23FN4O. The van der Waals surface area contributed by atoms with Crippen molar-refractivity contribution in [3.8, 4) is 0 Å². The minimum atomic E-state index is -0.196. The third-order valence-corrected chi connectivity index (χ3v) is 4.17. The van der Waals surface area contributed by atoms with Gasteiger partial charge >= 0.3 is 0 Å². The van der Waals surface area contributed by atoms with Crippen LogP contribution in [0.25, 0.3) is 0 Å². The molecule has 0 saturated carbocycles. The van der Waals surface area contributed by atoms with Gasteiger partial charge in [-0.1, -0.05) is 12.1 Å². The van der Waals surface area contributed by atoms with Gasteiger partial charge in [0.25, 0.3) is 0 Å². The van der Waals surface area contributed by atoms with Gasteiger partial charge in [-0.25, -0.2) is 4.39 Å². The van der Waals surface area contributed by atoms with E-state index in [1.165, 1.54) is 12.1 Å². The van der Waals surface area contributed by atoms with Crippen molar-refractivity contribution in [3.63, 3.8) is 0 Å². The van der Waals surface area contributed by atoms with Crippen LogP contribution in [0.5, 0.6) is 0 Å². The normalized spacial score (nSPS) is 17.3. The quantitative estimate of drug-likeness (QED) is 0.881. The highest BCUT2D eigenvalue weighted by molar-refractivity contribution is 5.20. The Morgan fingerprint density at radius 1 is 1.26 bits per heavy atom. The fourth-order valence-corrected chi connectivity index (χ4v) is 2.95. The molecule has 0 radical (unpaired) electrons. The fourth-order valence-electron chi connectivity index (χ4n) is 2.95. The number of aromatic nitrogens is 2. The molecule has 1 aliphatic heterocycles. The number of halogens is 1. The largest absolute Gasteiger partial charge is 0.379 e. The molecule has 0 spiro atoms. The monoisotopic (exact) mass is 318 g/mol. The van der Waals surface area contributed by atoms with Crippen LogP contribution in [-0.4, -0.2) is 47.5 Å². The fraction of sp³-hybridized carbons (Fsp3) is 0.471. The molecule has 5 nitrogen and oxygen atoms in total. The number of benzene rings is 1. The van der Waals surface area contributed by atoms with Gasteiger partial charge in [0.2, 0.25) is 0 Å². The minimum Gasteiger partial charge on any atom is -0.379 e. The summed E-state index contributed by atoms with van der Waals surface area (Å²) >= 11 is 0. The lowest BCUT2D eigenvalue weighted by Crippen LogP contribution is -2.42. The Balaban J connectivity index is 1.65. The smallest absolute Gasteiger partial charge is 0.123 e. The van der Waals surface area contributed by atoms with Gasteiger partial charge in [-0.3, -0.25) is 9.58 Å². The summed E-state index contributed by atoms with van der Waals surface area (Å²) in [6.45, 7) is 4.88. The molecule has 1 saturated heterocycles. The standard InChI is InChI=1S/C17H23FN4O/c1-21-13-14(11-20-21)10-19-12-17(22-6-8-23-9-7-22)15-2-4-16(18)5-3-15/h2-5,11,13,17,19H,6-10,12H2,1H3. The van der Waals surface area contributed by atoms with Gasteiger partial charge in [-0.2, -0.15) is 5.10 Å². The first kappa shape index (κ1) is 16.1. The van der Waals surface area contributed by atoms with Crippen LogP contribution in [-0.2, 0) is 18.3 Å². The van der Waals surface area contributed by atoms with Crippen LogP contribution in [0.3, 0.4) is 0 Å². The molecule has 1 N–H and O–H groups in total. The Hall–Kier alpha value is -1.76. The Bertz CT molecular complexity index is 607. The molecule has 1 fully saturated rings. The third-order valence-electron chi connectivity index (χ3n) is 4.17. The molecular weight excluding hydrogens is 295 g/mol. The highest BCUT2D eigenvalue weighted by Crippen LogP contribution is 2.21. The molecule has 6 heteroatoms. The number of nitrogens with zero attached hydrogens (tertiary/aromatic N) is 3. The van der Waals surface area contributed by atoms with Crippen LogP contribution < -0.4 is 5.32 Å². The molecule has 1 unspecified atom stereocenters. The lowest BCUT2D eigenvalue weighted by molar-refractivity contribution is 0.0161. The summed E-state index contributed by atoms with van der Waals surface area (Å²) < 4.78 is 20.5. The van der Waals surface area contributed by atoms with Crippen LogP contribution in [0, 0.1) is 5.82 Å². The van der Waals surface area contributed by atoms with Crippen LogP contribution in [0.4, 0.5) is 4.39 Å². The molecule has 1 aromatic carbocycles. The maximum atomic E-state index is 13.2. The summed E-state index contributed by atoms with van der Waals surface area (Å²) in [5.74, 6) is -0.196. The summed E-state index contributed by atoms with van der Waals surface area (Å²) in [6, 6.07) is 7.03. The molecule has 2 aromatic rings. The van der Waals surface area contributed by atoms with E-state index in [-0.39, 0.29) is 11.9 Å². The van der Waals surface area contributed by atoms with Crippen molar-refractivity contribution in [2.24, 2.45) is 7.05 Å². The van der Waals surface area contributed by atoms with Crippen molar-refractivity contribution in [1.29, 1.82) is 0 Å². The third kappa shape index (κ3) is 4.37. The Morgan fingerprint density at radius 3 is 2.65 bits per heavy atom. The van der Waals surface area contributed by atoms with E-state index in [9.17, 15) is 4.39 Å². The van der Waals surface area contributed by atoms with Crippen LogP contribution in [0.1, 0.15) is 17.2 Å². The minimum absolute atomic E-state index is 0.196. The topological polar surface area (TPSA) is 42.3 Å². The molecule has 23 heavy (non-hydrogen) atoms. The number of ether oxygens (including phenoxy) is 1. The van der Waals surface area contributed by atoms with Crippen molar-refractivity contribution in [1.82, 2.24) is 20.0 Å². The number of hydrogen-bond acceptors (Lipinski definition) is 4. The van der Waals surface area contributed by atoms with Gasteiger partial charge in [0.1, 0.15) is 5.82 Å². The maximum absolute atomic E-state index is 13.2. The van der Waals surface area contributed by atoms with E-state index in [4.69, 9.17) is 4.74 Å². The van der Waals surface area contributed by atoms with E-state index >= 15 is 0 Å². The van der Waals surface area contributed by atoms with Crippen molar-refractivity contribution in [2.45, 2.75) is 12.6 Å². The maximum Gasteiger partial charge on any atom is 0.123 e. The predicted molar refractivity (Wildman–Crippen MR) is 86.4 cm³/mol. The number of nitrogens with one attached hydrogen (secondary N) is 1. The first-order chi connectivity index (χ1) is 11.2. The highest BCUT2D eigenvalue weighted by Gasteiger charge is 2.22. The van der Waals surface area contributed by atoms with Gasteiger partial charge in [-0.05, 0) is 17.7 Å². The zero-order chi connectivity index (χ0) is 16.1. The number of hydrogen-bond donors (Lipinski definition) is 1. The first-order valence-corrected chi connectivity index (χ1v) is 7.98. The lowest BCUT2D eigenvalue weighted by Gasteiger charge is -2.35. The molecule has 1 aliphatic rings. The summed E-state index contributed by atoms with van der Waals surface area (Å²) in [4.78, 5) is 2.40. The molecule has 2 heterocycles. The van der Waals surface area contributed by atoms with E-state index < -0.39 is 0 Å².